The molecule has 178 valence electrons. The Hall–Kier alpha value is -3.64. The number of hydrogen-bond acceptors (Lipinski definition) is 4. The molecule has 0 unspecified atom stereocenters. The van der Waals surface area contributed by atoms with E-state index in [9.17, 15) is 4.79 Å². The summed E-state index contributed by atoms with van der Waals surface area (Å²) < 4.78 is 7.32. The van der Waals surface area contributed by atoms with Crippen molar-refractivity contribution in [1.82, 2.24) is 9.66 Å². The first-order valence-corrected chi connectivity index (χ1v) is 12.1. The number of ether oxygens (including phenoxy) is 1. The van der Waals surface area contributed by atoms with E-state index in [1.165, 1.54) is 4.68 Å². The lowest BCUT2D eigenvalue weighted by atomic mass is 10.2. The molecule has 0 N–H and O–H groups in total. The van der Waals surface area contributed by atoms with Crippen LogP contribution in [0.5, 0.6) is 5.75 Å². The molecule has 1 heterocycles. The number of nitrogens with zero attached hydrogens (tertiary/aromatic N) is 3. The summed E-state index contributed by atoms with van der Waals surface area (Å²) in [5, 5.41) is 6.43. The second-order valence-electron chi connectivity index (χ2n) is 7.90. The molecule has 4 aromatic carbocycles. The van der Waals surface area contributed by atoms with E-state index in [0.29, 0.717) is 43.1 Å². The lowest BCUT2D eigenvalue weighted by Crippen LogP contribution is -2.20. The minimum absolute atomic E-state index is 0.256. The fourth-order valence-electron chi connectivity index (χ4n) is 3.67. The van der Waals surface area contributed by atoms with Crippen LogP contribution < -0.4 is 10.3 Å². The smallest absolute Gasteiger partial charge is 0.282 e. The number of aromatic nitrogens is 2. The van der Waals surface area contributed by atoms with Gasteiger partial charge in [-0.2, -0.15) is 9.78 Å². The fourth-order valence-corrected chi connectivity index (χ4v) is 4.17. The standard InChI is InChI=1S/C28H18Cl3N3O2/c29-21-11-13-26(36-17-18-10-12-23(30)24(31)14-18)20(15-21)16-32-34-27(19-6-2-1-3-7-19)33-25-9-5-4-8-22(25)28(34)35/h1-16H,17H2. The second kappa shape index (κ2) is 10.5. The van der Waals surface area contributed by atoms with Crippen molar-refractivity contribution >= 4 is 51.9 Å². The minimum Gasteiger partial charge on any atom is -0.488 e. The van der Waals surface area contributed by atoms with Crippen molar-refractivity contribution in [1.29, 1.82) is 0 Å². The Morgan fingerprint density at radius 3 is 2.44 bits per heavy atom. The van der Waals surface area contributed by atoms with Gasteiger partial charge in [0, 0.05) is 16.1 Å². The predicted molar refractivity (Wildman–Crippen MR) is 147 cm³/mol. The van der Waals surface area contributed by atoms with E-state index in [-0.39, 0.29) is 12.2 Å². The summed E-state index contributed by atoms with van der Waals surface area (Å²) in [5.41, 5.74) is 2.53. The molecular weight excluding hydrogens is 517 g/mol. The average molecular weight is 535 g/mol. The number of halogens is 3. The van der Waals surface area contributed by atoms with Gasteiger partial charge >= 0.3 is 0 Å². The molecule has 5 nitrogen and oxygen atoms in total. The van der Waals surface area contributed by atoms with Gasteiger partial charge in [-0.25, -0.2) is 4.98 Å². The third kappa shape index (κ3) is 5.14. The van der Waals surface area contributed by atoms with Gasteiger partial charge < -0.3 is 4.74 Å². The second-order valence-corrected chi connectivity index (χ2v) is 9.15. The van der Waals surface area contributed by atoms with Gasteiger partial charge in [0.1, 0.15) is 12.4 Å². The summed E-state index contributed by atoms with van der Waals surface area (Å²) in [7, 11) is 0. The van der Waals surface area contributed by atoms with Gasteiger partial charge in [-0.15, -0.1) is 0 Å². The van der Waals surface area contributed by atoms with E-state index >= 15 is 0 Å². The van der Waals surface area contributed by atoms with Crippen LogP contribution in [0.2, 0.25) is 15.1 Å². The number of rotatable bonds is 6. The molecule has 0 aliphatic rings. The van der Waals surface area contributed by atoms with Crippen molar-refractivity contribution in [3.63, 3.8) is 0 Å². The fraction of sp³-hybridized carbons (Fsp3) is 0.0357. The molecule has 8 heteroatoms. The quantitative estimate of drug-likeness (QED) is 0.212. The average Bonchev–Trinajstić information content (AvgIpc) is 2.90. The van der Waals surface area contributed by atoms with E-state index in [2.05, 4.69) is 5.10 Å². The number of benzene rings is 4. The zero-order valence-corrected chi connectivity index (χ0v) is 21.0. The molecule has 36 heavy (non-hydrogen) atoms. The lowest BCUT2D eigenvalue weighted by molar-refractivity contribution is 0.306. The maximum absolute atomic E-state index is 13.4. The van der Waals surface area contributed by atoms with Crippen LogP contribution >= 0.6 is 34.8 Å². The monoisotopic (exact) mass is 533 g/mol. The van der Waals surface area contributed by atoms with Gasteiger partial charge in [0.15, 0.2) is 5.82 Å². The molecule has 5 rings (SSSR count). The van der Waals surface area contributed by atoms with Crippen LogP contribution in [0.15, 0.2) is 101 Å². The van der Waals surface area contributed by atoms with Gasteiger partial charge in [-0.3, -0.25) is 4.79 Å². The Labute approximate surface area is 222 Å². The van der Waals surface area contributed by atoms with Gasteiger partial charge in [-0.05, 0) is 48.0 Å². The van der Waals surface area contributed by atoms with Crippen LogP contribution in [0.1, 0.15) is 11.1 Å². The van der Waals surface area contributed by atoms with Crippen molar-refractivity contribution in [2.75, 3.05) is 0 Å². The van der Waals surface area contributed by atoms with Crippen LogP contribution in [0.25, 0.3) is 22.3 Å². The van der Waals surface area contributed by atoms with E-state index in [1.54, 1.807) is 48.7 Å². The summed E-state index contributed by atoms with van der Waals surface area (Å²) in [6.07, 6.45) is 1.54. The largest absolute Gasteiger partial charge is 0.488 e. The van der Waals surface area contributed by atoms with Crippen LogP contribution in [0, 0.1) is 0 Å². The van der Waals surface area contributed by atoms with Crippen LogP contribution in [-0.2, 0) is 6.61 Å². The van der Waals surface area contributed by atoms with Gasteiger partial charge in [0.2, 0.25) is 0 Å². The first kappa shape index (κ1) is 24.1. The highest BCUT2D eigenvalue weighted by molar-refractivity contribution is 6.42. The molecule has 5 aromatic rings. The van der Waals surface area contributed by atoms with E-state index in [1.807, 2.05) is 48.5 Å². The van der Waals surface area contributed by atoms with Gasteiger partial charge in [0.05, 0.1) is 27.2 Å². The Morgan fingerprint density at radius 2 is 1.64 bits per heavy atom. The first-order valence-electron chi connectivity index (χ1n) is 11.0. The highest BCUT2D eigenvalue weighted by atomic mass is 35.5. The Kier molecular flexibility index (Phi) is 7.05. The molecule has 0 radical (unpaired) electrons. The van der Waals surface area contributed by atoms with Crippen LogP contribution in [0.3, 0.4) is 0 Å². The van der Waals surface area contributed by atoms with E-state index < -0.39 is 0 Å². The van der Waals surface area contributed by atoms with Crippen molar-refractivity contribution in [3.8, 4) is 17.1 Å². The summed E-state index contributed by atoms with van der Waals surface area (Å²) in [6, 6.07) is 27.1. The topological polar surface area (TPSA) is 56.5 Å². The van der Waals surface area contributed by atoms with Crippen LogP contribution in [-0.4, -0.2) is 15.9 Å². The van der Waals surface area contributed by atoms with Crippen molar-refractivity contribution < 1.29 is 4.74 Å². The predicted octanol–water partition coefficient (Wildman–Crippen LogP) is 7.48. The Morgan fingerprint density at radius 1 is 0.861 bits per heavy atom. The number of para-hydroxylation sites is 1. The first-order chi connectivity index (χ1) is 17.5. The highest BCUT2D eigenvalue weighted by Crippen LogP contribution is 2.26. The number of hydrogen-bond donors (Lipinski definition) is 0. The zero-order chi connectivity index (χ0) is 25.1. The molecule has 0 fully saturated rings. The Bertz CT molecular complexity index is 1650. The maximum atomic E-state index is 13.4. The maximum Gasteiger partial charge on any atom is 0.282 e. The molecule has 0 spiro atoms. The molecular formula is C28H18Cl3N3O2. The normalized spacial score (nSPS) is 11.3. The van der Waals surface area contributed by atoms with Gasteiger partial charge in [-0.1, -0.05) is 83.3 Å². The molecule has 0 aliphatic carbocycles. The van der Waals surface area contributed by atoms with E-state index in [0.717, 1.165) is 11.1 Å². The molecule has 0 atom stereocenters. The zero-order valence-electron chi connectivity index (χ0n) is 18.7. The highest BCUT2D eigenvalue weighted by Gasteiger charge is 2.13. The summed E-state index contributed by atoms with van der Waals surface area (Å²) in [6.45, 7) is 0.256. The molecule has 0 aliphatic heterocycles. The molecule has 0 amide bonds. The van der Waals surface area contributed by atoms with Crippen molar-refractivity contribution in [2.24, 2.45) is 5.10 Å². The van der Waals surface area contributed by atoms with E-state index in [4.69, 9.17) is 44.5 Å². The molecule has 0 saturated heterocycles. The van der Waals surface area contributed by atoms with Crippen molar-refractivity contribution in [3.05, 3.63) is 128 Å². The molecule has 0 saturated carbocycles. The van der Waals surface area contributed by atoms with Crippen LogP contribution in [0.4, 0.5) is 0 Å². The van der Waals surface area contributed by atoms with Crippen molar-refractivity contribution in [2.45, 2.75) is 6.61 Å². The SMILES string of the molecule is O=c1c2ccccc2nc(-c2ccccc2)n1N=Cc1cc(Cl)ccc1OCc1ccc(Cl)c(Cl)c1. The Balaban J connectivity index is 1.55. The van der Waals surface area contributed by atoms with Gasteiger partial charge in [0.25, 0.3) is 5.56 Å². The summed E-state index contributed by atoms with van der Waals surface area (Å²) in [5.74, 6) is 0.966. The minimum atomic E-state index is -0.281. The summed E-state index contributed by atoms with van der Waals surface area (Å²) in [4.78, 5) is 18.1. The molecule has 0 bridgehead atoms. The molecule has 1 aromatic heterocycles. The third-order valence-electron chi connectivity index (χ3n) is 5.45. The lowest BCUT2D eigenvalue weighted by Gasteiger charge is -2.11. The number of fused-ring (bicyclic) bond motifs is 1. The third-order valence-corrected chi connectivity index (χ3v) is 6.42. The summed E-state index contributed by atoms with van der Waals surface area (Å²) >= 11 is 18.4.